The molecule has 0 spiro atoms. The lowest BCUT2D eigenvalue weighted by molar-refractivity contribution is -0.0566. The lowest BCUT2D eigenvalue weighted by Gasteiger charge is -2.32. The van der Waals surface area contributed by atoms with Crippen LogP contribution < -0.4 is 10.9 Å². The summed E-state index contributed by atoms with van der Waals surface area (Å²) in [5.74, 6) is -2.79. The number of methoxy groups -OCH3 is 1. The molecule has 0 unspecified atom stereocenters. The fourth-order valence-electron chi connectivity index (χ4n) is 3.09. The van der Waals surface area contributed by atoms with E-state index in [2.05, 4.69) is 15.0 Å². The van der Waals surface area contributed by atoms with Gasteiger partial charge in [-0.25, -0.2) is 14.2 Å². The van der Waals surface area contributed by atoms with E-state index in [1.165, 1.54) is 10.6 Å². The molecule has 0 fully saturated rings. The van der Waals surface area contributed by atoms with E-state index in [1.54, 1.807) is 13.8 Å². The summed E-state index contributed by atoms with van der Waals surface area (Å²) in [4.78, 5) is 41.0. The largest absolute Gasteiger partial charge is 0.501 e. The molecule has 2 aromatic rings. The van der Waals surface area contributed by atoms with Crippen LogP contribution in [0.4, 0.5) is 4.39 Å². The van der Waals surface area contributed by atoms with Gasteiger partial charge in [-0.2, -0.15) is 0 Å². The van der Waals surface area contributed by atoms with Gasteiger partial charge in [0.2, 0.25) is 5.75 Å². The van der Waals surface area contributed by atoms with E-state index in [9.17, 15) is 23.9 Å². The van der Waals surface area contributed by atoms with Gasteiger partial charge in [0.15, 0.2) is 5.69 Å². The van der Waals surface area contributed by atoms with Crippen LogP contribution in [0.15, 0.2) is 23.0 Å². The number of benzene rings is 1. The van der Waals surface area contributed by atoms with E-state index in [0.717, 1.165) is 19.2 Å². The van der Waals surface area contributed by atoms with Gasteiger partial charge in [-0.05, 0) is 31.5 Å². The lowest BCUT2D eigenvalue weighted by Crippen LogP contribution is -2.42. The van der Waals surface area contributed by atoms with E-state index < -0.39 is 40.3 Å². The normalized spacial score (nSPS) is 14.8. The SMILES string of the molecule is COC(=O)c1cc(F)ccc1CNC(=O)c1nc2n(c(=O)c1O)CCOC2(C)C. The molecule has 0 bridgehead atoms. The van der Waals surface area contributed by atoms with Crippen molar-refractivity contribution in [1.29, 1.82) is 0 Å². The van der Waals surface area contributed by atoms with E-state index in [0.29, 0.717) is 5.56 Å². The van der Waals surface area contributed by atoms with Crippen molar-refractivity contribution < 1.29 is 28.6 Å². The standard InChI is InChI=1S/C19H20FN3O6/c1-19(2)18-22-13(14(24)16(26)23(18)6-7-29-19)15(25)21-9-10-4-5-11(20)8-12(10)17(27)28-3/h4-5,8,24H,6-7,9H2,1-3H3,(H,21,25). The van der Waals surface area contributed by atoms with Crippen molar-refractivity contribution >= 4 is 11.9 Å². The molecule has 29 heavy (non-hydrogen) atoms. The zero-order valence-electron chi connectivity index (χ0n) is 16.1. The van der Waals surface area contributed by atoms with Gasteiger partial charge in [0.1, 0.15) is 17.2 Å². The minimum absolute atomic E-state index is 0.0509. The molecule has 0 aliphatic carbocycles. The Bertz CT molecular complexity index is 1050. The fourth-order valence-corrected chi connectivity index (χ4v) is 3.09. The van der Waals surface area contributed by atoms with Gasteiger partial charge in [-0.3, -0.25) is 14.2 Å². The Balaban J connectivity index is 1.91. The fraction of sp³-hybridized carbons (Fsp3) is 0.368. The highest BCUT2D eigenvalue weighted by Crippen LogP contribution is 2.27. The first-order chi connectivity index (χ1) is 13.7. The third kappa shape index (κ3) is 3.83. The quantitative estimate of drug-likeness (QED) is 0.730. The highest BCUT2D eigenvalue weighted by molar-refractivity contribution is 5.95. The summed E-state index contributed by atoms with van der Waals surface area (Å²) in [7, 11) is 1.15. The van der Waals surface area contributed by atoms with Crippen molar-refractivity contribution in [2.75, 3.05) is 13.7 Å². The minimum atomic E-state index is -0.921. The Morgan fingerprint density at radius 1 is 1.41 bits per heavy atom. The molecule has 1 aromatic carbocycles. The molecule has 0 radical (unpaired) electrons. The zero-order chi connectivity index (χ0) is 21.3. The van der Waals surface area contributed by atoms with Crippen LogP contribution >= 0.6 is 0 Å². The van der Waals surface area contributed by atoms with Crippen molar-refractivity contribution in [2.24, 2.45) is 0 Å². The molecule has 0 saturated heterocycles. The number of rotatable bonds is 4. The number of aromatic nitrogens is 2. The second-order valence-electron chi connectivity index (χ2n) is 6.92. The highest BCUT2D eigenvalue weighted by atomic mass is 19.1. The molecule has 0 atom stereocenters. The predicted octanol–water partition coefficient (Wildman–Crippen LogP) is 1.07. The molecule has 1 aromatic heterocycles. The second kappa shape index (κ2) is 7.63. The molecular weight excluding hydrogens is 385 g/mol. The van der Waals surface area contributed by atoms with E-state index in [-0.39, 0.29) is 31.1 Å². The van der Waals surface area contributed by atoms with Gasteiger partial charge in [0.05, 0.1) is 25.8 Å². The molecule has 3 rings (SSSR count). The first-order valence-corrected chi connectivity index (χ1v) is 8.79. The van der Waals surface area contributed by atoms with E-state index >= 15 is 0 Å². The number of amides is 1. The monoisotopic (exact) mass is 405 g/mol. The smallest absolute Gasteiger partial charge is 0.338 e. The number of nitrogens with one attached hydrogen (secondary N) is 1. The first kappa shape index (κ1) is 20.5. The van der Waals surface area contributed by atoms with Crippen LogP contribution in [-0.2, 0) is 28.2 Å². The van der Waals surface area contributed by atoms with Crippen molar-refractivity contribution in [2.45, 2.75) is 32.5 Å². The number of halogens is 1. The third-order valence-corrected chi connectivity index (χ3v) is 4.59. The molecule has 2 N–H and O–H groups in total. The maximum Gasteiger partial charge on any atom is 0.338 e. The summed E-state index contributed by atoms with van der Waals surface area (Å²) in [6, 6.07) is 3.46. The average molecular weight is 405 g/mol. The summed E-state index contributed by atoms with van der Waals surface area (Å²) in [5, 5.41) is 12.7. The Kier molecular flexibility index (Phi) is 5.38. The van der Waals surface area contributed by atoms with Crippen LogP contribution in [0, 0.1) is 5.82 Å². The Hall–Kier alpha value is -3.27. The Morgan fingerprint density at radius 3 is 2.83 bits per heavy atom. The predicted molar refractivity (Wildman–Crippen MR) is 98.0 cm³/mol. The molecule has 1 aliphatic heterocycles. The van der Waals surface area contributed by atoms with Gasteiger partial charge in [0, 0.05) is 6.54 Å². The maximum atomic E-state index is 13.5. The molecule has 9 nitrogen and oxygen atoms in total. The molecule has 154 valence electrons. The van der Waals surface area contributed by atoms with E-state index in [1.807, 2.05) is 0 Å². The van der Waals surface area contributed by atoms with Crippen molar-refractivity contribution in [3.05, 3.63) is 57.0 Å². The van der Waals surface area contributed by atoms with Crippen LogP contribution in [-0.4, -0.2) is 40.3 Å². The number of ether oxygens (including phenoxy) is 2. The van der Waals surface area contributed by atoms with Crippen LogP contribution in [0.3, 0.4) is 0 Å². The number of hydrogen-bond donors (Lipinski definition) is 2. The summed E-state index contributed by atoms with van der Waals surface area (Å²) in [5.41, 5.74) is -1.88. The number of hydrogen-bond acceptors (Lipinski definition) is 7. The molecular formula is C19H20FN3O6. The van der Waals surface area contributed by atoms with Gasteiger partial charge in [-0.1, -0.05) is 6.07 Å². The molecule has 0 saturated carbocycles. The van der Waals surface area contributed by atoms with Gasteiger partial charge >= 0.3 is 5.97 Å². The molecule has 1 amide bonds. The number of fused-ring (bicyclic) bond motifs is 1. The average Bonchev–Trinajstić information content (AvgIpc) is 2.68. The molecule has 2 heterocycles. The Labute approximate surface area is 165 Å². The number of esters is 1. The molecule has 1 aliphatic rings. The van der Waals surface area contributed by atoms with Gasteiger partial charge in [0.25, 0.3) is 11.5 Å². The summed E-state index contributed by atoms with van der Waals surface area (Å²) in [6.07, 6.45) is 0. The molecule has 10 heteroatoms. The van der Waals surface area contributed by atoms with Crippen LogP contribution in [0.1, 0.15) is 46.1 Å². The summed E-state index contributed by atoms with van der Waals surface area (Å²) in [6.45, 7) is 3.70. The number of aromatic hydroxyl groups is 1. The van der Waals surface area contributed by atoms with Crippen LogP contribution in [0.5, 0.6) is 5.75 Å². The number of carbonyl (C=O) groups is 2. The van der Waals surface area contributed by atoms with Crippen LogP contribution in [0.2, 0.25) is 0 Å². The summed E-state index contributed by atoms with van der Waals surface area (Å²) < 4.78 is 24.9. The Morgan fingerprint density at radius 2 is 2.14 bits per heavy atom. The number of nitrogens with zero attached hydrogens (tertiary/aromatic N) is 2. The third-order valence-electron chi connectivity index (χ3n) is 4.59. The van der Waals surface area contributed by atoms with Crippen molar-refractivity contribution in [3.63, 3.8) is 0 Å². The maximum absolute atomic E-state index is 13.5. The highest BCUT2D eigenvalue weighted by Gasteiger charge is 2.34. The topological polar surface area (TPSA) is 120 Å². The van der Waals surface area contributed by atoms with Crippen LogP contribution in [0.25, 0.3) is 0 Å². The van der Waals surface area contributed by atoms with Crippen molar-refractivity contribution in [1.82, 2.24) is 14.9 Å². The van der Waals surface area contributed by atoms with Crippen molar-refractivity contribution in [3.8, 4) is 5.75 Å². The lowest BCUT2D eigenvalue weighted by atomic mass is 10.1. The van der Waals surface area contributed by atoms with E-state index in [4.69, 9.17) is 4.74 Å². The second-order valence-corrected chi connectivity index (χ2v) is 6.92. The summed E-state index contributed by atoms with van der Waals surface area (Å²) >= 11 is 0. The minimum Gasteiger partial charge on any atom is -0.501 e. The van der Waals surface area contributed by atoms with Gasteiger partial charge < -0.3 is 19.9 Å². The zero-order valence-corrected chi connectivity index (χ0v) is 16.1. The number of carbonyl (C=O) groups excluding carboxylic acids is 2. The first-order valence-electron chi connectivity index (χ1n) is 8.79. The van der Waals surface area contributed by atoms with Gasteiger partial charge in [-0.15, -0.1) is 0 Å².